The molecule has 0 bridgehead atoms. The number of rotatable bonds is 73. The molecule has 0 saturated carbocycles. The normalized spacial score (nSPS) is 12.7. The monoisotopic (exact) mass is 1190 g/mol. The van der Waals surface area contributed by atoms with Crippen LogP contribution in [0.15, 0.2) is 36.5 Å². The van der Waals surface area contributed by atoms with Crippen LogP contribution >= 0.6 is 0 Å². The van der Waals surface area contributed by atoms with E-state index in [1.54, 1.807) is 6.08 Å². The van der Waals surface area contributed by atoms with E-state index in [1.807, 2.05) is 6.08 Å². The maximum absolute atomic E-state index is 12.6. The molecule has 0 aliphatic carbocycles. The summed E-state index contributed by atoms with van der Waals surface area (Å²) in [5, 5.41) is 23.3. The molecule has 6 heteroatoms. The van der Waals surface area contributed by atoms with Gasteiger partial charge < -0.3 is 20.3 Å². The van der Waals surface area contributed by atoms with Gasteiger partial charge in [0.05, 0.1) is 25.4 Å². The summed E-state index contributed by atoms with van der Waals surface area (Å²) in [7, 11) is 0. The Kier molecular flexibility index (Phi) is 72.9. The van der Waals surface area contributed by atoms with Crippen molar-refractivity contribution >= 4 is 11.9 Å². The smallest absolute Gasteiger partial charge is 0.305 e. The van der Waals surface area contributed by atoms with Crippen molar-refractivity contribution in [1.29, 1.82) is 0 Å². The van der Waals surface area contributed by atoms with Crippen LogP contribution in [-0.2, 0) is 14.3 Å². The van der Waals surface area contributed by atoms with Gasteiger partial charge in [-0.2, -0.15) is 0 Å². The number of allylic oxidation sites excluding steroid dienone is 5. The van der Waals surface area contributed by atoms with E-state index < -0.39 is 12.1 Å². The molecule has 0 heterocycles. The molecule has 1 amide bonds. The summed E-state index contributed by atoms with van der Waals surface area (Å²) in [6.07, 6.45) is 96.9. The average molecular weight is 1200 g/mol. The Morgan fingerprint density at radius 2 is 0.612 bits per heavy atom. The van der Waals surface area contributed by atoms with Crippen LogP contribution in [0.2, 0.25) is 0 Å². The number of carbonyl (C=O) groups excluding carboxylic acids is 2. The summed E-state index contributed by atoms with van der Waals surface area (Å²) < 4.78 is 5.48. The molecule has 0 spiro atoms. The largest absolute Gasteiger partial charge is 0.466 e. The lowest BCUT2D eigenvalue weighted by Gasteiger charge is -2.20. The first kappa shape index (κ1) is 83.1. The number of esters is 1. The van der Waals surface area contributed by atoms with Crippen molar-refractivity contribution in [1.82, 2.24) is 5.32 Å². The minimum absolute atomic E-state index is 0.00498. The van der Waals surface area contributed by atoms with Crippen LogP contribution in [0, 0.1) is 0 Å². The van der Waals surface area contributed by atoms with Crippen LogP contribution in [0.1, 0.15) is 431 Å². The number of ether oxygens (including phenoxy) is 1. The maximum Gasteiger partial charge on any atom is 0.305 e. The minimum atomic E-state index is -0.844. The van der Waals surface area contributed by atoms with Crippen LogP contribution in [0.5, 0.6) is 0 Å². The molecule has 0 aromatic heterocycles. The first-order valence-corrected chi connectivity index (χ1v) is 38.8. The minimum Gasteiger partial charge on any atom is -0.466 e. The van der Waals surface area contributed by atoms with Gasteiger partial charge in [-0.25, -0.2) is 0 Å². The van der Waals surface area contributed by atoms with E-state index in [2.05, 4.69) is 43.5 Å². The number of hydrogen-bond donors (Lipinski definition) is 3. The second-order valence-electron chi connectivity index (χ2n) is 26.7. The van der Waals surface area contributed by atoms with Gasteiger partial charge in [-0.05, 0) is 57.8 Å². The molecule has 0 aliphatic rings. The highest BCUT2D eigenvalue weighted by atomic mass is 16.5. The third-order valence-electron chi connectivity index (χ3n) is 18.1. The highest BCUT2D eigenvalue weighted by molar-refractivity contribution is 5.76. The number of amides is 1. The number of aliphatic hydroxyl groups excluding tert-OH is 2. The first-order chi connectivity index (χ1) is 42.0. The third-order valence-corrected chi connectivity index (χ3v) is 18.1. The molecule has 85 heavy (non-hydrogen) atoms. The Hall–Kier alpha value is -1.92. The zero-order valence-corrected chi connectivity index (χ0v) is 57.6. The number of carbonyl (C=O) groups is 2. The number of hydrogen-bond acceptors (Lipinski definition) is 5. The SMILES string of the molecule is CCC/C=C\C/C=C\CCCCCCCC(=O)OCCCCCCCCCCCCCCCCCCCCCCCCCCCCCCCCC(=O)NC(CO)C(O)/C=C/CCCCCCCCCCCCCCCCCCCCCCCCC. The Labute approximate surface area is 532 Å². The van der Waals surface area contributed by atoms with Crippen molar-refractivity contribution in [2.24, 2.45) is 0 Å². The van der Waals surface area contributed by atoms with Crippen molar-refractivity contribution in [3.63, 3.8) is 0 Å². The lowest BCUT2D eigenvalue weighted by Crippen LogP contribution is -2.45. The quantitative estimate of drug-likeness (QED) is 0.0320. The summed E-state index contributed by atoms with van der Waals surface area (Å²) in [6, 6.07) is -0.627. The van der Waals surface area contributed by atoms with Crippen molar-refractivity contribution < 1.29 is 24.5 Å². The fourth-order valence-electron chi connectivity index (χ4n) is 12.3. The fourth-order valence-corrected chi connectivity index (χ4v) is 12.3. The summed E-state index contributed by atoms with van der Waals surface area (Å²) in [4.78, 5) is 24.6. The summed E-state index contributed by atoms with van der Waals surface area (Å²) in [5.41, 5.74) is 0. The number of unbranched alkanes of at least 4 members (excludes halogenated alkanes) is 58. The lowest BCUT2D eigenvalue weighted by molar-refractivity contribution is -0.143. The van der Waals surface area contributed by atoms with E-state index >= 15 is 0 Å². The third kappa shape index (κ3) is 71.0. The molecule has 0 radical (unpaired) electrons. The van der Waals surface area contributed by atoms with Crippen LogP contribution < -0.4 is 5.32 Å². The molecule has 0 aromatic carbocycles. The molecule has 2 atom stereocenters. The van der Waals surface area contributed by atoms with Crippen molar-refractivity contribution in [2.45, 2.75) is 443 Å². The number of nitrogens with one attached hydrogen (secondary N) is 1. The standard InChI is InChI=1S/C79H151NO5/c1-3-5-7-9-11-13-15-17-18-19-20-21-22-29-32-35-38-41-44-48-51-55-59-63-67-71-77(82)76(75-81)80-78(83)72-68-64-60-56-52-49-45-42-39-36-33-30-27-25-23-24-26-28-31-34-37-40-43-46-50-54-58-62-66-70-74-85-79(84)73-69-65-61-57-53-47-16-14-12-10-8-6-4-2/h8,10,14,16,67,71,76-77,81-82H,3-7,9,11-13,15,17-66,68-70,72-75H2,1-2H3,(H,80,83)/b10-8-,16-14-,71-67+. The highest BCUT2D eigenvalue weighted by Gasteiger charge is 2.18. The lowest BCUT2D eigenvalue weighted by atomic mass is 10.0. The zero-order valence-electron chi connectivity index (χ0n) is 57.6. The Balaban J connectivity index is 3.37. The Morgan fingerprint density at radius 3 is 0.941 bits per heavy atom. The van der Waals surface area contributed by atoms with Gasteiger partial charge in [0.2, 0.25) is 5.91 Å². The molecular formula is C79H151NO5. The molecule has 0 aromatic rings. The predicted molar refractivity (Wildman–Crippen MR) is 375 cm³/mol. The average Bonchev–Trinajstić information content (AvgIpc) is 3.51. The second kappa shape index (κ2) is 74.5. The van der Waals surface area contributed by atoms with Gasteiger partial charge in [0.15, 0.2) is 0 Å². The van der Waals surface area contributed by atoms with E-state index in [9.17, 15) is 19.8 Å². The van der Waals surface area contributed by atoms with E-state index in [-0.39, 0.29) is 18.5 Å². The van der Waals surface area contributed by atoms with E-state index in [0.29, 0.717) is 19.4 Å². The second-order valence-corrected chi connectivity index (χ2v) is 26.7. The van der Waals surface area contributed by atoms with Gasteiger partial charge >= 0.3 is 5.97 Å². The highest BCUT2D eigenvalue weighted by Crippen LogP contribution is 2.20. The van der Waals surface area contributed by atoms with Crippen LogP contribution in [0.4, 0.5) is 0 Å². The Morgan fingerprint density at radius 1 is 0.329 bits per heavy atom. The summed E-state index contributed by atoms with van der Waals surface area (Å²) >= 11 is 0. The van der Waals surface area contributed by atoms with Crippen LogP contribution in [0.3, 0.4) is 0 Å². The molecule has 6 nitrogen and oxygen atoms in total. The molecular weight excluding hydrogens is 1040 g/mol. The van der Waals surface area contributed by atoms with Gasteiger partial charge in [-0.1, -0.05) is 397 Å². The predicted octanol–water partition coefficient (Wildman–Crippen LogP) is 25.4. The molecule has 0 saturated heterocycles. The Bertz CT molecular complexity index is 1380. The van der Waals surface area contributed by atoms with Gasteiger partial charge in [-0.3, -0.25) is 9.59 Å². The molecule has 2 unspecified atom stereocenters. The van der Waals surface area contributed by atoms with Gasteiger partial charge in [0, 0.05) is 12.8 Å². The molecule has 0 aliphatic heterocycles. The van der Waals surface area contributed by atoms with Gasteiger partial charge in [-0.15, -0.1) is 0 Å². The molecule has 3 N–H and O–H groups in total. The van der Waals surface area contributed by atoms with Crippen molar-refractivity contribution in [3.05, 3.63) is 36.5 Å². The summed E-state index contributed by atoms with van der Waals surface area (Å²) in [6.45, 7) is 4.88. The van der Waals surface area contributed by atoms with E-state index in [1.165, 1.54) is 353 Å². The van der Waals surface area contributed by atoms with Crippen molar-refractivity contribution in [3.8, 4) is 0 Å². The fraction of sp³-hybridized carbons (Fsp3) is 0.899. The van der Waals surface area contributed by atoms with Crippen LogP contribution in [-0.4, -0.2) is 47.4 Å². The zero-order chi connectivity index (χ0) is 61.3. The summed E-state index contributed by atoms with van der Waals surface area (Å²) in [5.74, 6) is -0.0542. The van der Waals surface area contributed by atoms with E-state index in [0.717, 1.165) is 51.4 Å². The maximum atomic E-state index is 12.6. The number of aliphatic hydroxyl groups is 2. The molecule has 502 valence electrons. The topological polar surface area (TPSA) is 95.9 Å². The molecule has 0 fully saturated rings. The van der Waals surface area contributed by atoms with Crippen LogP contribution in [0.25, 0.3) is 0 Å². The van der Waals surface area contributed by atoms with Crippen molar-refractivity contribution in [2.75, 3.05) is 13.2 Å². The first-order valence-electron chi connectivity index (χ1n) is 38.8. The molecule has 0 rings (SSSR count). The van der Waals surface area contributed by atoms with Gasteiger partial charge in [0.25, 0.3) is 0 Å². The van der Waals surface area contributed by atoms with E-state index in [4.69, 9.17) is 4.74 Å². The van der Waals surface area contributed by atoms with Gasteiger partial charge in [0.1, 0.15) is 0 Å².